The number of hydrogen-bond donors (Lipinski definition) is 2. The van der Waals surface area contributed by atoms with Crippen LogP contribution in [0.3, 0.4) is 0 Å². The van der Waals surface area contributed by atoms with Gasteiger partial charge in [0.1, 0.15) is 5.75 Å². The van der Waals surface area contributed by atoms with Crippen molar-refractivity contribution in [3.63, 3.8) is 0 Å². The second kappa shape index (κ2) is 5.69. The van der Waals surface area contributed by atoms with Gasteiger partial charge in [-0.2, -0.15) is 0 Å². The highest BCUT2D eigenvalue weighted by molar-refractivity contribution is 7.09. The Morgan fingerprint density at radius 2 is 2.37 bits per heavy atom. The predicted molar refractivity (Wildman–Crippen MR) is 76.1 cm³/mol. The molecule has 4 nitrogen and oxygen atoms in total. The molecule has 1 aromatic heterocycles. The molecule has 3 N–H and O–H groups in total. The van der Waals surface area contributed by atoms with E-state index in [-0.39, 0.29) is 6.04 Å². The Kier molecular flexibility index (Phi) is 3.77. The van der Waals surface area contributed by atoms with E-state index in [0.29, 0.717) is 12.5 Å². The van der Waals surface area contributed by atoms with Gasteiger partial charge in [-0.25, -0.2) is 4.98 Å². The summed E-state index contributed by atoms with van der Waals surface area (Å²) in [5.41, 5.74) is 4.19. The lowest BCUT2D eigenvalue weighted by Gasteiger charge is -2.30. The summed E-state index contributed by atoms with van der Waals surface area (Å²) in [4.78, 5) is 4.33. The molecule has 0 amide bonds. The minimum Gasteiger partial charge on any atom is -0.493 e. The molecule has 2 heterocycles. The van der Waals surface area contributed by atoms with Gasteiger partial charge >= 0.3 is 0 Å². The molecule has 19 heavy (non-hydrogen) atoms. The first-order chi connectivity index (χ1) is 9.36. The molecule has 5 heteroatoms. The summed E-state index contributed by atoms with van der Waals surface area (Å²) in [5, 5.41) is 3.11. The van der Waals surface area contributed by atoms with E-state index in [1.807, 2.05) is 23.7 Å². The molecule has 2 atom stereocenters. The summed E-state index contributed by atoms with van der Waals surface area (Å²) in [6, 6.07) is 8.40. The minimum atomic E-state index is 0.194. The highest BCUT2D eigenvalue weighted by Crippen LogP contribution is 2.29. The number of rotatable bonds is 4. The Balaban J connectivity index is 1.72. The number of nitrogens with zero attached hydrogens (tertiary/aromatic N) is 1. The Morgan fingerprint density at radius 3 is 3.16 bits per heavy atom. The van der Waals surface area contributed by atoms with Crippen LogP contribution in [0.2, 0.25) is 0 Å². The first-order valence-electron chi connectivity index (χ1n) is 6.42. The summed E-state index contributed by atoms with van der Waals surface area (Å²) in [6.45, 7) is 0.706. The molecule has 2 aromatic rings. The lowest BCUT2D eigenvalue weighted by molar-refractivity contribution is 0.183. The van der Waals surface area contributed by atoms with Crippen LogP contribution in [0.25, 0.3) is 0 Å². The molecule has 0 bridgehead atoms. The van der Waals surface area contributed by atoms with E-state index in [1.54, 1.807) is 11.3 Å². The molecular weight excluding hydrogens is 258 g/mol. The molecule has 3 rings (SSSR count). The number of thiazole rings is 1. The average Bonchev–Trinajstić information content (AvgIpc) is 2.97. The fourth-order valence-corrected chi connectivity index (χ4v) is 3.19. The van der Waals surface area contributed by atoms with Crippen molar-refractivity contribution >= 4 is 11.3 Å². The van der Waals surface area contributed by atoms with Crippen molar-refractivity contribution in [1.82, 2.24) is 10.4 Å². The van der Waals surface area contributed by atoms with Crippen LogP contribution in [-0.2, 0) is 12.8 Å². The molecule has 2 unspecified atom stereocenters. The first kappa shape index (κ1) is 12.6. The largest absolute Gasteiger partial charge is 0.493 e. The Bertz CT molecular complexity index is 529. The van der Waals surface area contributed by atoms with Crippen molar-refractivity contribution in [3.05, 3.63) is 46.4 Å². The van der Waals surface area contributed by atoms with E-state index in [2.05, 4.69) is 22.5 Å². The smallest absolute Gasteiger partial charge is 0.122 e. The molecule has 0 radical (unpaired) electrons. The number of benzene rings is 1. The normalized spacial score (nSPS) is 19.5. The zero-order valence-electron chi connectivity index (χ0n) is 10.6. The molecule has 0 aliphatic carbocycles. The Morgan fingerprint density at radius 1 is 1.47 bits per heavy atom. The van der Waals surface area contributed by atoms with Crippen molar-refractivity contribution in [2.75, 3.05) is 6.61 Å². The van der Waals surface area contributed by atoms with Crippen molar-refractivity contribution in [3.8, 4) is 5.75 Å². The second-order valence-electron chi connectivity index (χ2n) is 4.79. The molecule has 0 fully saturated rings. The van der Waals surface area contributed by atoms with Gasteiger partial charge in [-0.3, -0.25) is 11.3 Å². The fourth-order valence-electron chi connectivity index (χ4n) is 2.51. The summed E-state index contributed by atoms with van der Waals surface area (Å²) < 4.78 is 5.83. The standard InChI is InChI=1S/C14H17N3OS/c15-17-12(8-14-16-5-6-19-14)11-7-10-3-1-2-4-13(10)18-9-11/h1-6,11-12,17H,7-9,15H2. The highest BCUT2D eigenvalue weighted by atomic mass is 32.1. The summed E-state index contributed by atoms with van der Waals surface area (Å²) in [7, 11) is 0. The highest BCUT2D eigenvalue weighted by Gasteiger charge is 2.27. The molecule has 0 saturated heterocycles. The van der Waals surface area contributed by atoms with Gasteiger partial charge in [-0.15, -0.1) is 11.3 Å². The molecule has 0 saturated carbocycles. The first-order valence-corrected chi connectivity index (χ1v) is 7.30. The van der Waals surface area contributed by atoms with E-state index in [1.165, 1.54) is 5.56 Å². The maximum atomic E-state index is 5.83. The third-order valence-corrected chi connectivity index (χ3v) is 4.37. The molecule has 1 aliphatic rings. The van der Waals surface area contributed by atoms with Crippen LogP contribution in [0.1, 0.15) is 10.6 Å². The van der Waals surface area contributed by atoms with Crippen molar-refractivity contribution in [1.29, 1.82) is 0 Å². The van der Waals surface area contributed by atoms with E-state index >= 15 is 0 Å². The van der Waals surface area contributed by atoms with Crippen LogP contribution in [-0.4, -0.2) is 17.6 Å². The van der Waals surface area contributed by atoms with E-state index in [9.17, 15) is 0 Å². The fraction of sp³-hybridized carbons (Fsp3) is 0.357. The number of nitrogens with one attached hydrogen (secondary N) is 1. The van der Waals surface area contributed by atoms with Crippen molar-refractivity contribution in [2.45, 2.75) is 18.9 Å². The van der Waals surface area contributed by atoms with Gasteiger partial charge in [0.2, 0.25) is 0 Å². The number of fused-ring (bicyclic) bond motifs is 1. The number of para-hydroxylation sites is 1. The number of hydrazine groups is 1. The van der Waals surface area contributed by atoms with Crippen LogP contribution in [0.4, 0.5) is 0 Å². The molecule has 100 valence electrons. The Labute approximate surface area is 116 Å². The zero-order chi connectivity index (χ0) is 13.1. The van der Waals surface area contributed by atoms with Crippen LogP contribution >= 0.6 is 11.3 Å². The van der Waals surface area contributed by atoms with Crippen molar-refractivity contribution in [2.24, 2.45) is 11.8 Å². The second-order valence-corrected chi connectivity index (χ2v) is 5.77. The van der Waals surface area contributed by atoms with Gasteiger partial charge in [0.15, 0.2) is 0 Å². The lowest BCUT2D eigenvalue weighted by atomic mass is 9.89. The van der Waals surface area contributed by atoms with Gasteiger partial charge in [0, 0.05) is 30.0 Å². The zero-order valence-corrected chi connectivity index (χ0v) is 11.4. The third-order valence-electron chi connectivity index (χ3n) is 3.57. The maximum absolute atomic E-state index is 5.83. The van der Waals surface area contributed by atoms with Gasteiger partial charge in [0.25, 0.3) is 0 Å². The number of nitrogens with two attached hydrogens (primary N) is 1. The monoisotopic (exact) mass is 275 g/mol. The van der Waals surface area contributed by atoms with Crippen molar-refractivity contribution < 1.29 is 4.74 Å². The van der Waals surface area contributed by atoms with Crippen LogP contribution < -0.4 is 16.0 Å². The van der Waals surface area contributed by atoms with Crippen LogP contribution in [0.15, 0.2) is 35.8 Å². The topological polar surface area (TPSA) is 60.2 Å². The SMILES string of the molecule is NNC(Cc1nccs1)C1COc2ccccc2C1. The summed E-state index contributed by atoms with van der Waals surface area (Å²) in [5.74, 6) is 7.09. The maximum Gasteiger partial charge on any atom is 0.122 e. The third kappa shape index (κ3) is 2.78. The van der Waals surface area contributed by atoms with Crippen LogP contribution in [0.5, 0.6) is 5.75 Å². The molecule has 1 aliphatic heterocycles. The van der Waals surface area contributed by atoms with Gasteiger partial charge in [-0.05, 0) is 18.1 Å². The number of hydrogen-bond acceptors (Lipinski definition) is 5. The van der Waals surface area contributed by atoms with Gasteiger partial charge in [-0.1, -0.05) is 18.2 Å². The van der Waals surface area contributed by atoms with E-state index in [4.69, 9.17) is 10.6 Å². The molecule has 0 spiro atoms. The number of ether oxygens (including phenoxy) is 1. The van der Waals surface area contributed by atoms with Gasteiger partial charge in [0.05, 0.1) is 11.6 Å². The van der Waals surface area contributed by atoms with Gasteiger partial charge < -0.3 is 4.74 Å². The van der Waals surface area contributed by atoms with Crippen LogP contribution in [0, 0.1) is 5.92 Å². The summed E-state index contributed by atoms with van der Waals surface area (Å²) in [6.07, 6.45) is 3.68. The molecule has 1 aromatic carbocycles. The average molecular weight is 275 g/mol. The Hall–Kier alpha value is -1.43. The lowest BCUT2D eigenvalue weighted by Crippen LogP contribution is -2.46. The van der Waals surface area contributed by atoms with E-state index in [0.717, 1.165) is 23.6 Å². The quantitative estimate of drug-likeness (QED) is 0.659. The predicted octanol–water partition coefficient (Wildman–Crippen LogP) is 1.77. The number of aromatic nitrogens is 1. The molecular formula is C14H17N3OS. The minimum absolute atomic E-state index is 0.194. The van der Waals surface area contributed by atoms with E-state index < -0.39 is 0 Å². The summed E-state index contributed by atoms with van der Waals surface area (Å²) >= 11 is 1.67.